The molecule has 0 aromatic carbocycles. The highest BCUT2D eigenvalue weighted by Crippen LogP contribution is 2.48. The fraction of sp³-hybridized carbons (Fsp3) is 1.00. The second-order valence-corrected chi connectivity index (χ2v) is 6.99. The third kappa shape index (κ3) is 5.02. The number of aliphatic hydroxyl groups is 4. The maximum absolute atomic E-state index is 8.68. The summed E-state index contributed by atoms with van der Waals surface area (Å²) in [6, 6.07) is 0. The summed E-state index contributed by atoms with van der Waals surface area (Å²) in [6.45, 7) is 0. The van der Waals surface area contributed by atoms with Gasteiger partial charge in [0.25, 0.3) is 0 Å². The third-order valence-electron chi connectivity index (χ3n) is 1.20. The molecule has 0 saturated heterocycles. The molecule has 0 amide bonds. The maximum Gasteiger partial charge on any atom is 0.0649 e. The van der Waals surface area contributed by atoms with E-state index in [0.717, 1.165) is 0 Å². The SMILES string of the molecule is OCP(CO)CP(CO)CO. The van der Waals surface area contributed by atoms with Crippen molar-refractivity contribution in [1.82, 2.24) is 0 Å². The van der Waals surface area contributed by atoms with Crippen LogP contribution in [0.3, 0.4) is 0 Å². The van der Waals surface area contributed by atoms with Crippen molar-refractivity contribution in [1.29, 1.82) is 0 Å². The predicted octanol–water partition coefficient (Wildman–Crippen LogP) is -0.293. The summed E-state index contributed by atoms with van der Waals surface area (Å²) in [5.74, 6) is 0.588. The lowest BCUT2D eigenvalue weighted by molar-refractivity contribution is 0.341. The van der Waals surface area contributed by atoms with Crippen LogP contribution in [-0.2, 0) is 0 Å². The number of rotatable bonds is 6. The summed E-state index contributed by atoms with van der Waals surface area (Å²) in [7, 11) is -1.57. The Labute approximate surface area is 68.4 Å². The Kier molecular flexibility index (Phi) is 7.82. The average Bonchev–Trinajstić information content (AvgIpc) is 2.07. The summed E-state index contributed by atoms with van der Waals surface area (Å²) in [5, 5.41) is 34.7. The molecule has 0 fully saturated rings. The topological polar surface area (TPSA) is 80.9 Å². The maximum atomic E-state index is 8.68. The Bertz CT molecular complexity index is 74.6. The minimum atomic E-state index is -0.787. The van der Waals surface area contributed by atoms with Gasteiger partial charge in [-0.2, -0.15) is 0 Å². The van der Waals surface area contributed by atoms with Gasteiger partial charge < -0.3 is 20.4 Å². The first-order valence-electron chi connectivity index (χ1n) is 3.16. The molecule has 0 aromatic rings. The summed E-state index contributed by atoms with van der Waals surface area (Å²) in [5.41, 5.74) is 0. The molecule has 6 heteroatoms. The van der Waals surface area contributed by atoms with Crippen molar-refractivity contribution in [3.8, 4) is 0 Å². The van der Waals surface area contributed by atoms with Gasteiger partial charge in [-0.3, -0.25) is 0 Å². The van der Waals surface area contributed by atoms with Gasteiger partial charge in [-0.05, 0) is 21.7 Å². The molecule has 0 aliphatic carbocycles. The van der Waals surface area contributed by atoms with Gasteiger partial charge in [-0.1, -0.05) is 0 Å². The van der Waals surface area contributed by atoms with E-state index in [2.05, 4.69) is 0 Å². The molecule has 0 radical (unpaired) electrons. The van der Waals surface area contributed by atoms with E-state index in [0.29, 0.717) is 5.90 Å². The Balaban J connectivity index is 3.58. The highest BCUT2D eigenvalue weighted by Gasteiger charge is 2.12. The van der Waals surface area contributed by atoms with Gasteiger partial charge in [0, 0.05) is 0 Å². The molecule has 0 aliphatic rings. The molecule has 4 nitrogen and oxygen atoms in total. The van der Waals surface area contributed by atoms with Crippen LogP contribution in [-0.4, -0.2) is 51.7 Å². The van der Waals surface area contributed by atoms with Crippen LogP contribution >= 0.6 is 15.8 Å². The molecule has 0 rings (SSSR count). The number of aliphatic hydroxyl groups excluding tert-OH is 4. The monoisotopic (exact) mass is 200 g/mol. The van der Waals surface area contributed by atoms with E-state index in [1.165, 1.54) is 0 Å². The molecule has 0 atom stereocenters. The lowest BCUT2D eigenvalue weighted by atomic mass is 11.6. The quantitative estimate of drug-likeness (QED) is 0.444. The summed E-state index contributed by atoms with van der Waals surface area (Å²) >= 11 is 0. The van der Waals surface area contributed by atoms with Gasteiger partial charge in [-0.25, -0.2) is 0 Å². The Morgan fingerprint density at radius 3 is 1.09 bits per heavy atom. The molecule has 4 N–H and O–H groups in total. The molecule has 0 aliphatic heterocycles. The molecular weight excluding hydrogens is 186 g/mol. The first kappa shape index (κ1) is 11.7. The minimum absolute atomic E-state index is 0.0231. The van der Waals surface area contributed by atoms with E-state index in [1.54, 1.807) is 0 Å². The van der Waals surface area contributed by atoms with Crippen molar-refractivity contribution >= 4 is 15.8 Å². The van der Waals surface area contributed by atoms with Crippen molar-refractivity contribution in [3.63, 3.8) is 0 Å². The molecule has 0 unspecified atom stereocenters. The van der Waals surface area contributed by atoms with Crippen molar-refractivity contribution in [2.24, 2.45) is 0 Å². The Morgan fingerprint density at radius 1 is 0.636 bits per heavy atom. The highest BCUT2D eigenvalue weighted by atomic mass is 31.2. The molecule has 0 saturated carbocycles. The zero-order valence-electron chi connectivity index (χ0n) is 6.22. The third-order valence-corrected chi connectivity index (χ3v) is 6.00. The van der Waals surface area contributed by atoms with Gasteiger partial charge in [0.2, 0.25) is 0 Å². The molecule has 0 heterocycles. The van der Waals surface area contributed by atoms with Crippen LogP contribution in [0.15, 0.2) is 0 Å². The molecule has 68 valence electrons. The van der Waals surface area contributed by atoms with Gasteiger partial charge >= 0.3 is 0 Å². The summed E-state index contributed by atoms with van der Waals surface area (Å²) < 4.78 is 0. The fourth-order valence-electron chi connectivity index (χ4n) is 0.551. The average molecular weight is 200 g/mol. The summed E-state index contributed by atoms with van der Waals surface area (Å²) in [4.78, 5) is 0. The van der Waals surface area contributed by atoms with Crippen LogP contribution in [0.25, 0.3) is 0 Å². The zero-order valence-corrected chi connectivity index (χ0v) is 8.01. The second kappa shape index (κ2) is 7.35. The predicted molar refractivity (Wildman–Crippen MR) is 47.1 cm³/mol. The van der Waals surface area contributed by atoms with Gasteiger partial charge in [0.15, 0.2) is 0 Å². The summed E-state index contributed by atoms with van der Waals surface area (Å²) in [6.07, 6.45) is -0.0926. The van der Waals surface area contributed by atoms with E-state index < -0.39 is 15.8 Å². The van der Waals surface area contributed by atoms with Gasteiger partial charge in [0.05, 0.1) is 25.4 Å². The van der Waals surface area contributed by atoms with E-state index in [-0.39, 0.29) is 25.4 Å². The molecular formula is C5H14O4P2. The zero-order chi connectivity index (χ0) is 8.69. The lowest BCUT2D eigenvalue weighted by Gasteiger charge is -2.17. The highest BCUT2D eigenvalue weighted by molar-refractivity contribution is 7.74. The molecule has 0 spiro atoms. The van der Waals surface area contributed by atoms with Crippen LogP contribution in [0.5, 0.6) is 0 Å². The van der Waals surface area contributed by atoms with Gasteiger partial charge in [-0.15, -0.1) is 0 Å². The standard InChI is InChI=1S/C5H14O4P2/c6-1-10(2-7)5-11(3-8)4-9/h6-9H,1-5H2. The molecule has 11 heavy (non-hydrogen) atoms. The fourth-order valence-corrected chi connectivity index (χ4v) is 4.42. The molecule has 0 bridgehead atoms. The van der Waals surface area contributed by atoms with Crippen molar-refractivity contribution in [3.05, 3.63) is 0 Å². The first-order valence-corrected chi connectivity index (χ1v) is 6.96. The Hall–Kier alpha value is 0.700. The number of hydrogen-bond acceptors (Lipinski definition) is 4. The largest absolute Gasteiger partial charge is 0.392 e. The normalized spacial score (nSPS) is 11.5. The van der Waals surface area contributed by atoms with Crippen molar-refractivity contribution in [2.75, 3.05) is 31.3 Å². The Morgan fingerprint density at radius 2 is 0.909 bits per heavy atom. The minimum Gasteiger partial charge on any atom is -0.392 e. The van der Waals surface area contributed by atoms with Crippen LogP contribution in [0, 0.1) is 0 Å². The lowest BCUT2D eigenvalue weighted by Crippen LogP contribution is -1.97. The van der Waals surface area contributed by atoms with Crippen LogP contribution in [0.2, 0.25) is 0 Å². The second-order valence-electron chi connectivity index (χ2n) is 2.05. The van der Waals surface area contributed by atoms with Gasteiger partial charge in [0.1, 0.15) is 0 Å². The number of hydrogen-bond donors (Lipinski definition) is 4. The van der Waals surface area contributed by atoms with E-state index in [4.69, 9.17) is 20.4 Å². The van der Waals surface area contributed by atoms with Crippen LogP contribution in [0.4, 0.5) is 0 Å². The van der Waals surface area contributed by atoms with Crippen molar-refractivity contribution < 1.29 is 20.4 Å². The smallest absolute Gasteiger partial charge is 0.0649 e. The van der Waals surface area contributed by atoms with Crippen LogP contribution < -0.4 is 0 Å². The van der Waals surface area contributed by atoms with Crippen LogP contribution in [0.1, 0.15) is 0 Å². The molecule has 0 aromatic heterocycles. The van der Waals surface area contributed by atoms with E-state index >= 15 is 0 Å². The van der Waals surface area contributed by atoms with E-state index in [1.807, 2.05) is 0 Å². The van der Waals surface area contributed by atoms with E-state index in [9.17, 15) is 0 Å². The first-order chi connectivity index (χ1) is 5.28. The van der Waals surface area contributed by atoms with Crippen molar-refractivity contribution in [2.45, 2.75) is 0 Å².